The van der Waals surface area contributed by atoms with Crippen LogP contribution in [0.4, 0.5) is 0 Å². The van der Waals surface area contributed by atoms with E-state index in [1.54, 1.807) is 14.0 Å². The molecule has 21 heavy (non-hydrogen) atoms. The van der Waals surface area contributed by atoms with Crippen LogP contribution in [0.15, 0.2) is 24.3 Å². The van der Waals surface area contributed by atoms with Gasteiger partial charge in [-0.15, -0.1) is 0 Å². The van der Waals surface area contributed by atoms with Crippen molar-refractivity contribution in [3.63, 3.8) is 0 Å². The zero-order valence-corrected chi connectivity index (χ0v) is 13.0. The van der Waals surface area contributed by atoms with Gasteiger partial charge in [0.05, 0.1) is 7.11 Å². The Balaban J connectivity index is 1.96. The van der Waals surface area contributed by atoms with Crippen molar-refractivity contribution in [2.24, 2.45) is 0 Å². The van der Waals surface area contributed by atoms with Gasteiger partial charge in [0, 0.05) is 19.1 Å². The maximum absolute atomic E-state index is 12.5. The average Bonchev–Trinajstić information content (AvgIpc) is 3.02. The van der Waals surface area contributed by atoms with Gasteiger partial charge in [-0.1, -0.05) is 0 Å². The highest BCUT2D eigenvalue weighted by atomic mass is 16.5. The van der Waals surface area contributed by atoms with Gasteiger partial charge in [0.2, 0.25) is 0 Å². The lowest BCUT2D eigenvalue weighted by Gasteiger charge is -2.29. The molecule has 1 N–H and O–H groups in total. The minimum Gasteiger partial charge on any atom is -0.497 e. The molecular formula is C16H24N2O3. The largest absolute Gasteiger partial charge is 0.497 e. The van der Waals surface area contributed by atoms with Crippen LogP contribution in [0.5, 0.6) is 11.5 Å². The molecule has 0 saturated carbocycles. The molecule has 1 aliphatic heterocycles. The minimum atomic E-state index is -0.487. The number of likely N-dealkylation sites (N-methyl/N-ethyl adjacent to an activating group) is 1. The first-order valence-corrected chi connectivity index (χ1v) is 7.47. The van der Waals surface area contributed by atoms with Crippen molar-refractivity contribution in [2.75, 3.05) is 26.7 Å². The molecule has 0 spiro atoms. The summed E-state index contributed by atoms with van der Waals surface area (Å²) in [5.74, 6) is 1.49. The molecule has 1 aromatic carbocycles. The number of amides is 1. The van der Waals surface area contributed by atoms with Crippen molar-refractivity contribution in [2.45, 2.75) is 32.4 Å². The van der Waals surface area contributed by atoms with E-state index in [1.165, 1.54) is 0 Å². The van der Waals surface area contributed by atoms with E-state index in [0.717, 1.165) is 25.3 Å². The zero-order valence-electron chi connectivity index (χ0n) is 13.0. The summed E-state index contributed by atoms with van der Waals surface area (Å²) in [6.45, 7) is 6.37. The molecule has 1 aliphatic rings. The molecule has 1 fully saturated rings. The fraction of sp³-hybridized carbons (Fsp3) is 0.562. The molecule has 2 unspecified atom stereocenters. The summed E-state index contributed by atoms with van der Waals surface area (Å²) < 4.78 is 10.9. The van der Waals surface area contributed by atoms with Gasteiger partial charge in [-0.2, -0.15) is 0 Å². The van der Waals surface area contributed by atoms with Gasteiger partial charge in [-0.25, -0.2) is 0 Å². The Morgan fingerprint density at radius 2 is 2.05 bits per heavy atom. The van der Waals surface area contributed by atoms with E-state index in [4.69, 9.17) is 9.47 Å². The van der Waals surface area contributed by atoms with Crippen LogP contribution < -0.4 is 14.8 Å². The highest BCUT2D eigenvalue weighted by Crippen LogP contribution is 2.19. The molecule has 5 nitrogen and oxygen atoms in total. The molecular weight excluding hydrogens is 268 g/mol. The smallest absolute Gasteiger partial charge is 0.263 e. The standard InChI is InChI=1S/C16H24N2O3/c1-4-18(13-9-10-17-11-13)16(19)12(2)21-15-7-5-14(20-3)6-8-15/h5-8,12-13,17H,4,9-11H2,1-3H3. The van der Waals surface area contributed by atoms with Gasteiger partial charge in [0.1, 0.15) is 11.5 Å². The topological polar surface area (TPSA) is 50.8 Å². The second-order valence-corrected chi connectivity index (χ2v) is 5.21. The third-order valence-electron chi connectivity index (χ3n) is 3.82. The number of benzene rings is 1. The SMILES string of the molecule is CCN(C(=O)C(C)Oc1ccc(OC)cc1)C1CCNC1. The molecule has 0 aliphatic carbocycles. The summed E-state index contributed by atoms with van der Waals surface area (Å²) in [7, 11) is 1.62. The van der Waals surface area contributed by atoms with Crippen molar-refractivity contribution in [3.8, 4) is 11.5 Å². The predicted molar refractivity (Wildman–Crippen MR) is 81.7 cm³/mol. The highest BCUT2D eigenvalue weighted by molar-refractivity contribution is 5.81. The number of ether oxygens (including phenoxy) is 2. The molecule has 1 heterocycles. The summed E-state index contributed by atoms with van der Waals surface area (Å²) in [4.78, 5) is 14.4. The normalized spacial score (nSPS) is 19.1. The number of hydrogen-bond donors (Lipinski definition) is 1. The molecule has 1 saturated heterocycles. The molecule has 5 heteroatoms. The Bertz CT molecular complexity index is 455. The Hall–Kier alpha value is -1.75. The molecule has 0 aromatic heterocycles. The van der Waals surface area contributed by atoms with E-state index in [2.05, 4.69) is 5.32 Å². The zero-order chi connectivity index (χ0) is 15.2. The van der Waals surface area contributed by atoms with Crippen LogP contribution >= 0.6 is 0 Å². The quantitative estimate of drug-likeness (QED) is 0.866. The number of rotatable bonds is 6. The van der Waals surface area contributed by atoms with Crippen LogP contribution in [0.1, 0.15) is 20.3 Å². The van der Waals surface area contributed by atoms with Crippen LogP contribution in [-0.2, 0) is 4.79 Å². The number of nitrogens with zero attached hydrogens (tertiary/aromatic N) is 1. The van der Waals surface area contributed by atoms with Crippen molar-refractivity contribution in [1.82, 2.24) is 10.2 Å². The molecule has 0 radical (unpaired) electrons. The lowest BCUT2D eigenvalue weighted by atomic mass is 10.2. The molecule has 2 rings (SSSR count). The lowest BCUT2D eigenvalue weighted by molar-refractivity contribution is -0.139. The molecule has 116 valence electrons. The minimum absolute atomic E-state index is 0.0435. The van der Waals surface area contributed by atoms with Crippen molar-refractivity contribution in [3.05, 3.63) is 24.3 Å². The highest BCUT2D eigenvalue weighted by Gasteiger charge is 2.29. The summed E-state index contributed by atoms with van der Waals surface area (Å²) in [6.07, 6.45) is 0.522. The maximum Gasteiger partial charge on any atom is 0.263 e. The predicted octanol–water partition coefficient (Wildman–Crippen LogP) is 1.67. The van der Waals surface area contributed by atoms with Gasteiger partial charge in [0.15, 0.2) is 6.10 Å². The first-order valence-electron chi connectivity index (χ1n) is 7.47. The van der Waals surface area contributed by atoms with Gasteiger partial charge in [-0.3, -0.25) is 4.79 Å². The van der Waals surface area contributed by atoms with Gasteiger partial charge >= 0.3 is 0 Å². The molecule has 2 atom stereocenters. The maximum atomic E-state index is 12.5. The summed E-state index contributed by atoms with van der Waals surface area (Å²) in [6, 6.07) is 7.56. The molecule has 0 bridgehead atoms. The number of carbonyl (C=O) groups excluding carboxylic acids is 1. The second kappa shape index (κ2) is 7.31. The molecule has 1 aromatic rings. The Morgan fingerprint density at radius 3 is 2.57 bits per heavy atom. The van der Waals surface area contributed by atoms with Gasteiger partial charge in [0.25, 0.3) is 5.91 Å². The first kappa shape index (κ1) is 15.6. The van der Waals surface area contributed by atoms with Crippen molar-refractivity contribution in [1.29, 1.82) is 0 Å². The van der Waals surface area contributed by atoms with E-state index in [-0.39, 0.29) is 11.9 Å². The number of hydrogen-bond acceptors (Lipinski definition) is 4. The van der Waals surface area contributed by atoms with E-state index < -0.39 is 6.10 Å². The van der Waals surface area contributed by atoms with E-state index in [9.17, 15) is 4.79 Å². The fourth-order valence-electron chi connectivity index (χ4n) is 2.64. The third-order valence-corrected chi connectivity index (χ3v) is 3.82. The van der Waals surface area contributed by atoms with Crippen molar-refractivity contribution >= 4 is 5.91 Å². The Labute approximate surface area is 126 Å². The van der Waals surface area contributed by atoms with Crippen LogP contribution in [0.25, 0.3) is 0 Å². The lowest BCUT2D eigenvalue weighted by Crippen LogP contribution is -2.47. The third kappa shape index (κ3) is 3.88. The van der Waals surface area contributed by atoms with Crippen LogP contribution in [0.2, 0.25) is 0 Å². The number of methoxy groups -OCH3 is 1. The second-order valence-electron chi connectivity index (χ2n) is 5.21. The van der Waals surface area contributed by atoms with Gasteiger partial charge < -0.3 is 19.7 Å². The van der Waals surface area contributed by atoms with Crippen LogP contribution in [0, 0.1) is 0 Å². The summed E-state index contributed by atoms with van der Waals surface area (Å²) >= 11 is 0. The van der Waals surface area contributed by atoms with Crippen LogP contribution in [-0.4, -0.2) is 49.7 Å². The monoisotopic (exact) mass is 292 g/mol. The summed E-state index contributed by atoms with van der Waals surface area (Å²) in [5, 5.41) is 3.29. The number of carbonyl (C=O) groups is 1. The first-order chi connectivity index (χ1) is 10.2. The Kier molecular flexibility index (Phi) is 5.44. The van der Waals surface area contributed by atoms with E-state index >= 15 is 0 Å². The number of nitrogens with one attached hydrogen (secondary N) is 1. The fourth-order valence-corrected chi connectivity index (χ4v) is 2.64. The molecule has 1 amide bonds. The van der Waals surface area contributed by atoms with Crippen LogP contribution in [0.3, 0.4) is 0 Å². The summed E-state index contributed by atoms with van der Waals surface area (Å²) in [5.41, 5.74) is 0. The van der Waals surface area contributed by atoms with E-state index in [0.29, 0.717) is 12.3 Å². The Morgan fingerprint density at radius 1 is 1.38 bits per heavy atom. The van der Waals surface area contributed by atoms with Crippen molar-refractivity contribution < 1.29 is 14.3 Å². The van der Waals surface area contributed by atoms with E-state index in [1.807, 2.05) is 36.1 Å². The van der Waals surface area contributed by atoms with Gasteiger partial charge in [-0.05, 0) is 51.1 Å². The average molecular weight is 292 g/mol.